The molecule has 0 bridgehead atoms. The molecule has 0 saturated heterocycles. The number of carbonyl (C=O) groups excluding carboxylic acids is 1. The van der Waals surface area contributed by atoms with Gasteiger partial charge in [-0.1, -0.05) is 30.3 Å². The van der Waals surface area contributed by atoms with E-state index in [1.807, 2.05) is 37.3 Å². The molecule has 0 aliphatic heterocycles. The molecule has 5 nitrogen and oxygen atoms in total. The molecule has 0 atom stereocenters. The van der Waals surface area contributed by atoms with Crippen molar-refractivity contribution < 1.29 is 19.1 Å². The lowest BCUT2D eigenvalue weighted by atomic mass is 9.90. The molecular weight excluding hydrogens is 356 g/mol. The summed E-state index contributed by atoms with van der Waals surface area (Å²) in [4.78, 5) is 25.7. The van der Waals surface area contributed by atoms with Crippen LogP contribution in [0.5, 0.6) is 5.75 Å². The van der Waals surface area contributed by atoms with Crippen LogP contribution in [-0.2, 0) is 4.74 Å². The van der Waals surface area contributed by atoms with E-state index >= 15 is 0 Å². The van der Waals surface area contributed by atoms with Gasteiger partial charge in [0, 0.05) is 22.4 Å². The smallest absolute Gasteiger partial charge is 0.344 e. The highest BCUT2D eigenvalue weighted by molar-refractivity contribution is 6.15. The van der Waals surface area contributed by atoms with Gasteiger partial charge in [0.1, 0.15) is 11.3 Å². The third-order valence-corrected chi connectivity index (χ3v) is 4.73. The maximum absolute atomic E-state index is 12.9. The fourth-order valence-corrected chi connectivity index (χ4v) is 3.57. The summed E-state index contributed by atoms with van der Waals surface area (Å²) in [6.45, 7) is 3.79. The number of aromatic hydroxyl groups is 1. The van der Waals surface area contributed by atoms with Gasteiger partial charge in [0.2, 0.25) is 0 Å². The third-order valence-electron chi connectivity index (χ3n) is 4.73. The first-order valence-electron chi connectivity index (χ1n) is 8.97. The van der Waals surface area contributed by atoms with E-state index in [0.717, 1.165) is 5.56 Å². The predicted molar refractivity (Wildman–Crippen MR) is 108 cm³/mol. The Labute approximate surface area is 160 Å². The number of hydrogen-bond acceptors (Lipinski definition) is 5. The highest BCUT2D eigenvalue weighted by Gasteiger charge is 2.23. The zero-order valence-electron chi connectivity index (χ0n) is 15.5. The van der Waals surface area contributed by atoms with Crippen LogP contribution >= 0.6 is 0 Å². The second-order valence-corrected chi connectivity index (χ2v) is 6.52. The molecule has 5 heteroatoms. The Balaban J connectivity index is 2.23. The maximum Gasteiger partial charge on any atom is 0.344 e. The number of ether oxygens (including phenoxy) is 1. The van der Waals surface area contributed by atoms with E-state index in [1.165, 1.54) is 6.07 Å². The second kappa shape index (κ2) is 6.85. The minimum atomic E-state index is -0.572. The van der Waals surface area contributed by atoms with Gasteiger partial charge in [-0.05, 0) is 43.2 Å². The van der Waals surface area contributed by atoms with Crippen LogP contribution in [0.25, 0.3) is 32.9 Å². The predicted octanol–water partition coefficient (Wildman–Crippen LogP) is 4.80. The number of phenolic OH excluding ortho intramolecular Hbond substituents is 1. The molecular formula is C23H18O5. The number of benzene rings is 3. The topological polar surface area (TPSA) is 76.7 Å². The molecule has 28 heavy (non-hydrogen) atoms. The molecule has 0 aliphatic carbocycles. The van der Waals surface area contributed by atoms with Crippen molar-refractivity contribution in [1.82, 2.24) is 0 Å². The van der Waals surface area contributed by atoms with E-state index in [2.05, 4.69) is 0 Å². The van der Waals surface area contributed by atoms with Gasteiger partial charge in [-0.3, -0.25) is 0 Å². The van der Waals surface area contributed by atoms with Crippen LogP contribution in [0.1, 0.15) is 22.8 Å². The Morgan fingerprint density at radius 3 is 2.54 bits per heavy atom. The molecule has 1 heterocycles. The summed E-state index contributed by atoms with van der Waals surface area (Å²) in [5.74, 6) is -0.468. The largest absolute Gasteiger partial charge is 0.508 e. The molecule has 0 aliphatic rings. The normalized spacial score (nSPS) is 11.1. The SMILES string of the molecule is CCOC(=O)c1c(C)cc2c(c1-c1ccccc1)c(=O)oc1cc(O)ccc12. The van der Waals surface area contributed by atoms with Crippen molar-refractivity contribution >= 4 is 27.7 Å². The average molecular weight is 374 g/mol. The molecule has 140 valence electrons. The first-order chi connectivity index (χ1) is 13.5. The zero-order chi connectivity index (χ0) is 19.8. The van der Waals surface area contributed by atoms with Gasteiger partial charge >= 0.3 is 11.6 Å². The monoisotopic (exact) mass is 374 g/mol. The Kier molecular flexibility index (Phi) is 4.35. The number of phenols is 1. The van der Waals surface area contributed by atoms with Gasteiger partial charge in [-0.2, -0.15) is 0 Å². The van der Waals surface area contributed by atoms with Crippen LogP contribution < -0.4 is 5.63 Å². The lowest BCUT2D eigenvalue weighted by molar-refractivity contribution is 0.0526. The Hall–Kier alpha value is -3.60. The number of fused-ring (bicyclic) bond motifs is 3. The van der Waals surface area contributed by atoms with Crippen molar-refractivity contribution in [2.45, 2.75) is 13.8 Å². The summed E-state index contributed by atoms with van der Waals surface area (Å²) in [6.07, 6.45) is 0. The quantitative estimate of drug-likeness (QED) is 0.316. The minimum Gasteiger partial charge on any atom is -0.508 e. The Morgan fingerprint density at radius 1 is 1.07 bits per heavy atom. The lowest BCUT2D eigenvalue weighted by Gasteiger charge is -2.16. The number of aryl methyl sites for hydroxylation is 1. The van der Waals surface area contributed by atoms with Crippen LogP contribution in [0.2, 0.25) is 0 Å². The van der Waals surface area contributed by atoms with E-state index in [1.54, 1.807) is 25.1 Å². The molecule has 1 N–H and O–H groups in total. The van der Waals surface area contributed by atoms with E-state index in [9.17, 15) is 14.7 Å². The van der Waals surface area contributed by atoms with Gasteiger partial charge in [0.05, 0.1) is 17.6 Å². The van der Waals surface area contributed by atoms with Crippen molar-refractivity contribution in [3.05, 3.63) is 76.1 Å². The highest BCUT2D eigenvalue weighted by atomic mass is 16.5. The van der Waals surface area contributed by atoms with Gasteiger partial charge < -0.3 is 14.3 Å². The zero-order valence-corrected chi connectivity index (χ0v) is 15.5. The third kappa shape index (κ3) is 2.81. The molecule has 0 radical (unpaired) electrons. The van der Waals surface area contributed by atoms with Crippen molar-refractivity contribution in [3.63, 3.8) is 0 Å². The summed E-state index contributed by atoms with van der Waals surface area (Å²) in [5.41, 5.74) is 2.00. The molecule has 3 aromatic carbocycles. The standard InChI is InChI=1S/C23H18O5/c1-3-27-22(25)19-13(2)11-17-16-10-9-15(24)12-18(16)28-23(26)21(17)20(19)14-7-5-4-6-8-14/h4-12,24H,3H2,1-2H3. The number of esters is 1. The van der Waals surface area contributed by atoms with Crippen LogP contribution in [0, 0.1) is 6.92 Å². The molecule has 0 unspecified atom stereocenters. The van der Waals surface area contributed by atoms with Crippen LogP contribution in [0.3, 0.4) is 0 Å². The fraction of sp³-hybridized carbons (Fsp3) is 0.130. The summed E-state index contributed by atoms with van der Waals surface area (Å²) in [5, 5.41) is 11.4. The van der Waals surface area contributed by atoms with E-state index in [0.29, 0.717) is 38.4 Å². The van der Waals surface area contributed by atoms with Crippen LogP contribution in [0.4, 0.5) is 0 Å². The molecule has 4 rings (SSSR count). The number of carbonyl (C=O) groups is 1. The second-order valence-electron chi connectivity index (χ2n) is 6.52. The Bertz CT molecular complexity index is 1270. The van der Waals surface area contributed by atoms with Gasteiger partial charge in [0.15, 0.2) is 0 Å². The van der Waals surface area contributed by atoms with Crippen molar-refractivity contribution in [2.75, 3.05) is 6.61 Å². The van der Waals surface area contributed by atoms with Crippen LogP contribution in [-0.4, -0.2) is 17.7 Å². The van der Waals surface area contributed by atoms with Crippen molar-refractivity contribution in [2.24, 2.45) is 0 Å². The van der Waals surface area contributed by atoms with Gasteiger partial charge in [-0.25, -0.2) is 9.59 Å². The highest BCUT2D eigenvalue weighted by Crippen LogP contribution is 2.36. The van der Waals surface area contributed by atoms with Gasteiger partial charge in [-0.15, -0.1) is 0 Å². The number of rotatable bonds is 3. The van der Waals surface area contributed by atoms with Crippen LogP contribution in [0.15, 0.2) is 63.8 Å². The fourth-order valence-electron chi connectivity index (χ4n) is 3.57. The molecule has 0 amide bonds. The van der Waals surface area contributed by atoms with E-state index < -0.39 is 11.6 Å². The van der Waals surface area contributed by atoms with Gasteiger partial charge in [0.25, 0.3) is 0 Å². The number of hydrogen-bond donors (Lipinski definition) is 1. The summed E-state index contributed by atoms with van der Waals surface area (Å²) < 4.78 is 10.7. The maximum atomic E-state index is 12.9. The summed E-state index contributed by atoms with van der Waals surface area (Å²) >= 11 is 0. The molecule has 0 fully saturated rings. The van der Waals surface area contributed by atoms with Crippen molar-refractivity contribution in [1.29, 1.82) is 0 Å². The van der Waals surface area contributed by atoms with E-state index in [-0.39, 0.29) is 12.4 Å². The Morgan fingerprint density at radius 2 is 1.82 bits per heavy atom. The first kappa shape index (κ1) is 17.8. The van der Waals surface area contributed by atoms with E-state index in [4.69, 9.17) is 9.15 Å². The summed E-state index contributed by atoms with van der Waals surface area (Å²) in [6, 6.07) is 15.7. The summed E-state index contributed by atoms with van der Waals surface area (Å²) in [7, 11) is 0. The first-order valence-corrected chi connectivity index (χ1v) is 8.97. The lowest BCUT2D eigenvalue weighted by Crippen LogP contribution is -2.12. The molecule has 0 spiro atoms. The average Bonchev–Trinajstić information content (AvgIpc) is 2.67. The molecule has 1 aromatic heterocycles. The molecule has 0 saturated carbocycles. The van der Waals surface area contributed by atoms with Crippen molar-refractivity contribution in [3.8, 4) is 16.9 Å². The minimum absolute atomic E-state index is 0.0122. The molecule has 4 aromatic rings.